The Labute approximate surface area is 201 Å². The van der Waals surface area contributed by atoms with Gasteiger partial charge in [0.1, 0.15) is 28.2 Å². The summed E-state index contributed by atoms with van der Waals surface area (Å²) in [4.78, 5) is -0.0944. The molecule has 10 heteroatoms. The van der Waals surface area contributed by atoms with Gasteiger partial charge in [0, 0.05) is 29.2 Å². The van der Waals surface area contributed by atoms with E-state index in [0.29, 0.717) is 28.2 Å². The molecule has 1 unspecified atom stereocenters. The highest BCUT2D eigenvalue weighted by molar-refractivity contribution is 7.86. The molecule has 0 saturated heterocycles. The summed E-state index contributed by atoms with van der Waals surface area (Å²) in [5.74, 6) is 1.01. The highest BCUT2D eigenvalue weighted by atomic mass is 32.2. The van der Waals surface area contributed by atoms with Crippen molar-refractivity contribution in [3.8, 4) is 28.4 Å². The predicted octanol–water partition coefficient (Wildman–Crippen LogP) is 5.71. The minimum atomic E-state index is -4.60. The number of methoxy groups -OCH3 is 2. The fraction of sp³-hybridized carbons (Fsp3) is 0.280. The molecule has 1 atom stereocenters. The first-order valence-electron chi connectivity index (χ1n) is 10.5. The molecule has 1 aliphatic heterocycles. The molecule has 3 aromatic rings. The van der Waals surface area contributed by atoms with Crippen molar-refractivity contribution in [2.45, 2.75) is 30.5 Å². The molecule has 1 heterocycles. The average Bonchev–Trinajstić information content (AvgIpc) is 3.26. The molecule has 6 nitrogen and oxygen atoms in total. The molecule has 0 saturated carbocycles. The molecule has 3 aromatic carbocycles. The molecule has 0 N–H and O–H groups in total. The summed E-state index contributed by atoms with van der Waals surface area (Å²) in [6.45, 7) is 1.78. The molecule has 35 heavy (non-hydrogen) atoms. The van der Waals surface area contributed by atoms with E-state index in [1.165, 1.54) is 20.3 Å². The van der Waals surface area contributed by atoms with Gasteiger partial charge in [0.05, 0.1) is 26.9 Å². The van der Waals surface area contributed by atoms with Crippen LogP contribution in [0, 0.1) is 6.92 Å². The van der Waals surface area contributed by atoms with Crippen LogP contribution < -0.4 is 14.2 Å². The lowest BCUT2D eigenvalue weighted by Crippen LogP contribution is -2.12. The summed E-state index contributed by atoms with van der Waals surface area (Å²) in [5.41, 5.74) is 1.10. The van der Waals surface area contributed by atoms with Crippen LogP contribution in [0.5, 0.6) is 17.2 Å². The molecular formula is C25H23F3O6S. The average molecular weight is 509 g/mol. The van der Waals surface area contributed by atoms with E-state index in [1.807, 2.05) is 0 Å². The van der Waals surface area contributed by atoms with E-state index in [1.54, 1.807) is 37.3 Å². The van der Waals surface area contributed by atoms with Crippen molar-refractivity contribution < 1.29 is 40.0 Å². The molecule has 0 aromatic heterocycles. The molecular weight excluding hydrogens is 485 g/mol. The minimum absolute atomic E-state index is 0.0421. The smallest absolute Gasteiger partial charge is 0.416 e. The molecule has 186 valence electrons. The molecule has 0 spiro atoms. The second kappa shape index (κ2) is 9.09. The maximum absolute atomic E-state index is 13.8. The van der Waals surface area contributed by atoms with Crippen LogP contribution in [-0.2, 0) is 26.9 Å². The normalized spacial score (nSPS) is 15.5. The number of hydrogen-bond acceptors (Lipinski definition) is 6. The Bertz CT molecular complexity index is 1380. The van der Waals surface area contributed by atoms with Gasteiger partial charge in [0.15, 0.2) is 0 Å². The van der Waals surface area contributed by atoms with Crippen LogP contribution in [-0.4, -0.2) is 29.7 Å². The van der Waals surface area contributed by atoms with Crippen LogP contribution in [0.4, 0.5) is 13.2 Å². The van der Waals surface area contributed by atoms with Gasteiger partial charge in [-0.25, -0.2) is 0 Å². The Kier molecular flexibility index (Phi) is 6.46. The van der Waals surface area contributed by atoms with Crippen LogP contribution in [0.15, 0.2) is 53.4 Å². The number of ether oxygens (including phenoxy) is 3. The van der Waals surface area contributed by atoms with Gasteiger partial charge in [0.2, 0.25) is 0 Å². The number of aryl methyl sites for hydroxylation is 1. The zero-order valence-electron chi connectivity index (χ0n) is 19.4. The first kappa shape index (κ1) is 24.9. The maximum Gasteiger partial charge on any atom is 0.416 e. The largest absolute Gasteiger partial charge is 0.497 e. The lowest BCUT2D eigenvalue weighted by molar-refractivity contribution is -0.137. The number of hydrogen-bond donors (Lipinski definition) is 0. The lowest BCUT2D eigenvalue weighted by atomic mass is 9.95. The number of benzene rings is 3. The Morgan fingerprint density at radius 3 is 2.31 bits per heavy atom. The van der Waals surface area contributed by atoms with Gasteiger partial charge < -0.3 is 14.2 Å². The van der Waals surface area contributed by atoms with E-state index in [2.05, 4.69) is 4.18 Å². The van der Waals surface area contributed by atoms with Crippen LogP contribution in [0.25, 0.3) is 11.1 Å². The second-order valence-corrected chi connectivity index (χ2v) is 9.73. The summed E-state index contributed by atoms with van der Waals surface area (Å²) in [6, 6.07) is 11.5. The van der Waals surface area contributed by atoms with Gasteiger partial charge in [-0.05, 0) is 42.8 Å². The van der Waals surface area contributed by atoms with Crippen molar-refractivity contribution in [3.05, 3.63) is 70.8 Å². The van der Waals surface area contributed by atoms with E-state index < -0.39 is 28.0 Å². The molecule has 0 radical (unpaired) electrons. The van der Waals surface area contributed by atoms with E-state index in [9.17, 15) is 21.6 Å². The third kappa shape index (κ3) is 4.68. The number of alkyl halides is 3. The summed E-state index contributed by atoms with van der Waals surface area (Å²) >= 11 is 0. The Morgan fingerprint density at radius 1 is 0.943 bits per heavy atom. The Balaban J connectivity index is 1.90. The van der Waals surface area contributed by atoms with Gasteiger partial charge in [-0.1, -0.05) is 17.7 Å². The molecule has 0 fully saturated rings. The van der Waals surface area contributed by atoms with E-state index in [-0.39, 0.29) is 22.6 Å². The highest BCUT2D eigenvalue weighted by Crippen LogP contribution is 2.49. The van der Waals surface area contributed by atoms with E-state index in [4.69, 9.17) is 14.2 Å². The summed E-state index contributed by atoms with van der Waals surface area (Å²) < 4.78 is 87.9. The second-order valence-electron chi connectivity index (χ2n) is 8.05. The van der Waals surface area contributed by atoms with Gasteiger partial charge in [-0.3, -0.25) is 4.18 Å². The van der Waals surface area contributed by atoms with Crippen LogP contribution in [0.2, 0.25) is 0 Å². The van der Waals surface area contributed by atoms with Crippen LogP contribution in [0.1, 0.15) is 28.4 Å². The fourth-order valence-corrected chi connectivity index (χ4v) is 5.05. The quantitative estimate of drug-likeness (QED) is 0.398. The molecule has 1 aliphatic rings. The maximum atomic E-state index is 13.8. The van der Waals surface area contributed by atoms with Gasteiger partial charge in [-0.15, -0.1) is 0 Å². The molecule has 4 rings (SSSR count). The standard InChI is InChI=1S/C25H23F3O6S/c1-14-5-8-23(35(29,30)33-4)20(9-14)22-11-15-10-16(25(26,27)28)12-19(24(15)34-22)18-7-6-17(31-2)13-21(18)32-3/h5-10,12-13,22H,11H2,1-4H3. The van der Waals surface area contributed by atoms with Crippen molar-refractivity contribution >= 4 is 10.1 Å². The fourth-order valence-electron chi connectivity index (χ4n) is 4.16. The Morgan fingerprint density at radius 2 is 1.69 bits per heavy atom. The third-order valence-corrected chi connectivity index (χ3v) is 7.21. The summed E-state index contributed by atoms with van der Waals surface area (Å²) in [5, 5.41) is 0. The third-order valence-electron chi connectivity index (χ3n) is 5.86. The number of rotatable bonds is 6. The van der Waals surface area contributed by atoms with E-state index in [0.717, 1.165) is 24.8 Å². The lowest BCUT2D eigenvalue weighted by Gasteiger charge is -2.18. The van der Waals surface area contributed by atoms with Crippen LogP contribution in [0.3, 0.4) is 0 Å². The highest BCUT2D eigenvalue weighted by Gasteiger charge is 2.37. The Hall–Kier alpha value is -3.24. The van der Waals surface area contributed by atoms with Crippen molar-refractivity contribution in [2.24, 2.45) is 0 Å². The van der Waals surface area contributed by atoms with Crippen molar-refractivity contribution in [2.75, 3.05) is 21.3 Å². The van der Waals surface area contributed by atoms with Crippen LogP contribution >= 0.6 is 0 Å². The van der Waals surface area contributed by atoms with Crippen molar-refractivity contribution in [1.82, 2.24) is 0 Å². The molecule has 0 amide bonds. The summed E-state index contributed by atoms with van der Waals surface area (Å²) in [6.07, 6.45) is -5.40. The SMILES string of the molecule is COc1ccc(-c2cc(C(F)(F)F)cc3c2OC(c2cc(C)ccc2S(=O)(=O)OC)C3)c(OC)c1. The van der Waals surface area contributed by atoms with Gasteiger partial charge in [-0.2, -0.15) is 21.6 Å². The zero-order chi connectivity index (χ0) is 25.5. The number of halogens is 3. The van der Waals surface area contributed by atoms with Crippen molar-refractivity contribution in [1.29, 1.82) is 0 Å². The van der Waals surface area contributed by atoms with Gasteiger partial charge in [0.25, 0.3) is 10.1 Å². The predicted molar refractivity (Wildman–Crippen MR) is 122 cm³/mol. The minimum Gasteiger partial charge on any atom is -0.497 e. The van der Waals surface area contributed by atoms with Gasteiger partial charge >= 0.3 is 6.18 Å². The van der Waals surface area contributed by atoms with E-state index >= 15 is 0 Å². The number of fused-ring (bicyclic) bond motifs is 1. The monoisotopic (exact) mass is 508 g/mol. The topological polar surface area (TPSA) is 71.1 Å². The first-order valence-corrected chi connectivity index (χ1v) is 11.9. The zero-order valence-corrected chi connectivity index (χ0v) is 20.2. The first-order chi connectivity index (χ1) is 16.5. The molecule has 0 aliphatic carbocycles. The summed E-state index contributed by atoms with van der Waals surface area (Å²) in [7, 11) is -0.151. The molecule has 0 bridgehead atoms. The van der Waals surface area contributed by atoms with Crippen molar-refractivity contribution in [3.63, 3.8) is 0 Å².